The molecular formula is C24H25NO2S. The Hall–Kier alpha value is -2.56. The van der Waals surface area contributed by atoms with Gasteiger partial charge in [0.05, 0.1) is 0 Å². The van der Waals surface area contributed by atoms with E-state index >= 15 is 0 Å². The number of nitrogens with zero attached hydrogens (tertiary/aromatic N) is 1. The van der Waals surface area contributed by atoms with Crippen molar-refractivity contribution in [2.24, 2.45) is 0 Å². The number of thiol groups is 1. The van der Waals surface area contributed by atoms with Crippen LogP contribution in [-0.2, 0) is 24.3 Å². The van der Waals surface area contributed by atoms with Gasteiger partial charge in [-0.25, -0.2) is 0 Å². The first-order chi connectivity index (χ1) is 13.6. The highest BCUT2D eigenvalue weighted by Gasteiger charge is 2.43. The summed E-state index contributed by atoms with van der Waals surface area (Å²) in [6.45, 7) is 1.07. The van der Waals surface area contributed by atoms with E-state index in [1.54, 1.807) is 0 Å². The van der Waals surface area contributed by atoms with E-state index in [1.165, 1.54) is 0 Å². The highest BCUT2D eigenvalue weighted by atomic mass is 32.1. The van der Waals surface area contributed by atoms with E-state index in [4.69, 9.17) is 0 Å². The van der Waals surface area contributed by atoms with Crippen LogP contribution in [0.2, 0.25) is 0 Å². The Kier molecular flexibility index (Phi) is 6.90. The third kappa shape index (κ3) is 4.83. The first-order valence-electron chi connectivity index (χ1n) is 9.35. The zero-order chi connectivity index (χ0) is 19.8. The molecule has 3 nitrogen and oxygen atoms in total. The average molecular weight is 392 g/mol. The van der Waals surface area contributed by atoms with Crippen molar-refractivity contribution in [3.63, 3.8) is 0 Å². The summed E-state index contributed by atoms with van der Waals surface area (Å²) in [6.07, 6.45) is 0.395. The first-order valence-corrected chi connectivity index (χ1v) is 9.98. The summed E-state index contributed by atoms with van der Waals surface area (Å²) in [7, 11) is 0. The molecule has 0 spiro atoms. The zero-order valence-electron chi connectivity index (χ0n) is 15.7. The van der Waals surface area contributed by atoms with Gasteiger partial charge in [0.1, 0.15) is 5.54 Å². The number of rotatable bonds is 9. The minimum Gasteiger partial charge on any atom is -0.480 e. The Morgan fingerprint density at radius 3 is 1.50 bits per heavy atom. The van der Waals surface area contributed by atoms with E-state index in [-0.39, 0.29) is 5.75 Å². The van der Waals surface area contributed by atoms with Crippen molar-refractivity contribution in [2.75, 3.05) is 5.75 Å². The molecule has 1 unspecified atom stereocenters. The predicted octanol–water partition coefficient (Wildman–Crippen LogP) is 4.68. The van der Waals surface area contributed by atoms with Crippen LogP contribution in [0, 0.1) is 0 Å². The smallest absolute Gasteiger partial charge is 0.325 e. The molecule has 1 N–H and O–H groups in total. The van der Waals surface area contributed by atoms with Gasteiger partial charge in [0.15, 0.2) is 0 Å². The van der Waals surface area contributed by atoms with Gasteiger partial charge in [0, 0.05) is 25.3 Å². The zero-order valence-corrected chi connectivity index (χ0v) is 16.6. The maximum Gasteiger partial charge on any atom is 0.325 e. The lowest BCUT2D eigenvalue weighted by molar-refractivity contribution is -0.151. The molecule has 1 atom stereocenters. The largest absolute Gasteiger partial charge is 0.480 e. The monoisotopic (exact) mass is 391 g/mol. The fourth-order valence-corrected chi connectivity index (χ4v) is 3.89. The van der Waals surface area contributed by atoms with Gasteiger partial charge in [-0.05, 0) is 16.7 Å². The van der Waals surface area contributed by atoms with Crippen LogP contribution < -0.4 is 0 Å². The molecule has 0 radical (unpaired) electrons. The van der Waals surface area contributed by atoms with Gasteiger partial charge in [-0.15, -0.1) is 0 Å². The second kappa shape index (κ2) is 9.58. The van der Waals surface area contributed by atoms with Gasteiger partial charge < -0.3 is 5.11 Å². The fraction of sp³-hybridized carbons (Fsp3) is 0.208. The lowest BCUT2D eigenvalue weighted by atomic mass is 9.89. The highest BCUT2D eigenvalue weighted by molar-refractivity contribution is 7.80. The normalized spacial score (nSPS) is 13.2. The molecule has 0 saturated carbocycles. The van der Waals surface area contributed by atoms with Gasteiger partial charge in [-0.1, -0.05) is 91.0 Å². The predicted molar refractivity (Wildman–Crippen MR) is 116 cm³/mol. The van der Waals surface area contributed by atoms with E-state index in [0.29, 0.717) is 19.5 Å². The number of carboxylic acids is 1. The summed E-state index contributed by atoms with van der Waals surface area (Å²) in [4.78, 5) is 14.6. The second-order valence-electron chi connectivity index (χ2n) is 6.98. The molecular weight excluding hydrogens is 366 g/mol. The molecule has 0 amide bonds. The van der Waals surface area contributed by atoms with Crippen LogP contribution in [0.1, 0.15) is 16.7 Å². The summed E-state index contributed by atoms with van der Waals surface area (Å²) in [5.41, 5.74) is 2.04. The van der Waals surface area contributed by atoms with Gasteiger partial charge in [-0.3, -0.25) is 9.69 Å². The molecule has 3 aromatic rings. The highest BCUT2D eigenvalue weighted by Crippen LogP contribution is 2.28. The molecule has 28 heavy (non-hydrogen) atoms. The molecule has 4 heteroatoms. The van der Waals surface area contributed by atoms with Crippen molar-refractivity contribution in [1.82, 2.24) is 4.90 Å². The Bertz CT molecular complexity index is 829. The summed E-state index contributed by atoms with van der Waals surface area (Å²) in [5.74, 6) is -0.630. The van der Waals surface area contributed by atoms with E-state index < -0.39 is 11.5 Å². The Labute approximate surface area is 172 Å². The number of hydrogen-bond acceptors (Lipinski definition) is 3. The molecule has 3 aromatic carbocycles. The standard InChI is InChI=1S/C24H25NO2S/c26-23(27)24(19-28,16-20-10-4-1-5-11-20)25(17-21-12-6-2-7-13-21)18-22-14-8-3-9-15-22/h1-15,28H,16-19H2,(H,26,27). The molecule has 0 heterocycles. The van der Waals surface area contributed by atoms with Gasteiger partial charge in [-0.2, -0.15) is 12.6 Å². The molecule has 0 saturated heterocycles. The van der Waals surface area contributed by atoms with Gasteiger partial charge in [0.25, 0.3) is 0 Å². The number of aliphatic carboxylic acids is 1. The van der Waals surface area contributed by atoms with Crippen LogP contribution in [-0.4, -0.2) is 27.3 Å². The van der Waals surface area contributed by atoms with Crippen molar-refractivity contribution < 1.29 is 9.90 Å². The van der Waals surface area contributed by atoms with E-state index in [0.717, 1.165) is 16.7 Å². The summed E-state index contributed by atoms with van der Waals surface area (Å²) in [6, 6.07) is 29.8. The van der Waals surface area contributed by atoms with Gasteiger partial charge >= 0.3 is 5.97 Å². The van der Waals surface area contributed by atoms with Crippen LogP contribution in [0.3, 0.4) is 0 Å². The fourth-order valence-electron chi connectivity index (χ4n) is 3.45. The van der Waals surface area contributed by atoms with Crippen LogP contribution in [0.5, 0.6) is 0 Å². The van der Waals surface area contributed by atoms with Gasteiger partial charge in [0.2, 0.25) is 0 Å². The molecule has 0 aromatic heterocycles. The van der Waals surface area contributed by atoms with Crippen molar-refractivity contribution in [3.05, 3.63) is 108 Å². The SMILES string of the molecule is O=C(O)C(CS)(Cc1ccccc1)N(Cc1ccccc1)Cc1ccccc1. The maximum absolute atomic E-state index is 12.6. The molecule has 0 aliphatic carbocycles. The number of hydrogen-bond donors (Lipinski definition) is 2. The number of benzene rings is 3. The van der Waals surface area contributed by atoms with Crippen molar-refractivity contribution in [2.45, 2.75) is 25.0 Å². The maximum atomic E-state index is 12.6. The van der Waals surface area contributed by atoms with Crippen LogP contribution in [0.4, 0.5) is 0 Å². The third-order valence-corrected chi connectivity index (χ3v) is 5.56. The average Bonchev–Trinajstić information content (AvgIpc) is 2.74. The number of carbonyl (C=O) groups is 1. The van der Waals surface area contributed by atoms with Crippen molar-refractivity contribution in [3.8, 4) is 0 Å². The van der Waals surface area contributed by atoms with Crippen molar-refractivity contribution >= 4 is 18.6 Å². The first kappa shape index (κ1) is 20.2. The summed E-state index contributed by atoms with van der Waals surface area (Å²) < 4.78 is 0. The Balaban J connectivity index is 2.00. The van der Waals surface area contributed by atoms with Crippen molar-refractivity contribution in [1.29, 1.82) is 0 Å². The molecule has 0 bridgehead atoms. The second-order valence-corrected chi connectivity index (χ2v) is 7.30. The van der Waals surface area contributed by atoms with Crippen LogP contribution in [0.25, 0.3) is 0 Å². The van der Waals surface area contributed by atoms with E-state index in [2.05, 4.69) is 12.6 Å². The molecule has 0 fully saturated rings. The quantitative estimate of drug-likeness (QED) is 0.520. The van der Waals surface area contributed by atoms with Crippen LogP contribution >= 0.6 is 12.6 Å². The summed E-state index contributed by atoms with van der Waals surface area (Å²) >= 11 is 4.52. The molecule has 0 aliphatic heterocycles. The third-order valence-electron chi connectivity index (χ3n) is 5.04. The summed E-state index contributed by atoms with van der Waals surface area (Å²) in [5, 5.41) is 10.3. The van der Waals surface area contributed by atoms with E-state index in [9.17, 15) is 9.90 Å². The van der Waals surface area contributed by atoms with Crippen LogP contribution in [0.15, 0.2) is 91.0 Å². The molecule has 144 valence electrons. The lowest BCUT2D eigenvalue weighted by Crippen LogP contribution is -2.57. The molecule has 0 aliphatic rings. The lowest BCUT2D eigenvalue weighted by Gasteiger charge is -2.40. The minimum atomic E-state index is -1.11. The molecule has 3 rings (SSSR count). The Morgan fingerprint density at radius 2 is 1.14 bits per heavy atom. The minimum absolute atomic E-state index is 0.219. The number of carboxylic acid groups (broad SMARTS) is 1. The Morgan fingerprint density at radius 1 is 0.750 bits per heavy atom. The van der Waals surface area contributed by atoms with E-state index in [1.807, 2.05) is 95.9 Å². The topological polar surface area (TPSA) is 40.5 Å².